The largest absolute Gasteiger partial charge is 1.00 e. The number of hydrogen-bond donors (Lipinski definition) is 1. The maximum atomic E-state index is 10.6. The Morgan fingerprint density at radius 1 is 1.38 bits per heavy atom. The molecule has 1 unspecified atom stereocenters. The molecule has 0 N–H and O–H groups in total. The molecule has 0 aliphatic carbocycles. The Morgan fingerprint density at radius 3 is 2.31 bits per heavy atom. The maximum absolute atomic E-state index is 10.6. The molecule has 4 heteroatoms. The van der Waals surface area contributed by atoms with Gasteiger partial charge < -0.3 is 0 Å². The van der Waals surface area contributed by atoms with E-state index in [2.05, 4.69) is 6.92 Å². The zero-order valence-corrected chi connectivity index (χ0v) is 10.8. The molecule has 0 radical (unpaired) electrons. The van der Waals surface area contributed by atoms with Gasteiger partial charge in [0.15, 0.2) is 0 Å². The summed E-state index contributed by atoms with van der Waals surface area (Å²) in [7, 11) is -2.43. The van der Waals surface area contributed by atoms with E-state index in [1.165, 1.54) is 5.56 Å². The molecule has 2 nitrogen and oxygen atoms in total. The third-order valence-electron chi connectivity index (χ3n) is 1.95. The minimum Gasteiger partial charge on any atom is 1.00 e. The van der Waals surface area contributed by atoms with Crippen LogP contribution in [0.5, 0.6) is 0 Å². The molecule has 72 valence electrons. The van der Waals surface area contributed by atoms with Gasteiger partial charge in [-0.05, 0) is 0 Å². The van der Waals surface area contributed by atoms with Crippen LogP contribution in [0.4, 0.5) is 0 Å². The summed E-state index contributed by atoms with van der Waals surface area (Å²) in [5.41, 5.74) is 1.21. The molecule has 1 aromatic carbocycles. The molecule has 1 atom stereocenters. The summed E-state index contributed by atoms with van der Waals surface area (Å²) in [6.07, 6.45) is 0. The topological polar surface area (TPSA) is 34.1 Å². The van der Waals surface area contributed by atoms with Crippen LogP contribution in [0.2, 0.25) is 4.47 Å². The molecule has 0 fully saturated rings. The van der Waals surface area contributed by atoms with Crippen molar-refractivity contribution in [2.45, 2.75) is 22.2 Å². The van der Waals surface area contributed by atoms with E-state index >= 15 is 0 Å². The summed E-state index contributed by atoms with van der Waals surface area (Å²) in [6, 6.07) is 7.11. The summed E-state index contributed by atoms with van der Waals surface area (Å²) in [4.78, 5) is 0.395. The fourth-order valence-corrected chi connectivity index (χ4v) is 2.02. The van der Waals surface area contributed by atoms with E-state index in [4.69, 9.17) is 0 Å². The van der Waals surface area contributed by atoms with E-state index in [0.29, 0.717) is 10.8 Å². The first kappa shape index (κ1) is 11.0. The van der Waals surface area contributed by atoms with Crippen molar-refractivity contribution < 1.29 is 9.84 Å². The van der Waals surface area contributed by atoms with Crippen LogP contribution in [0.3, 0.4) is 0 Å². The average molecular weight is 313 g/mol. The molecule has 0 heterocycles. The van der Waals surface area contributed by atoms with Crippen molar-refractivity contribution in [2.24, 2.45) is 0 Å². The van der Waals surface area contributed by atoms with Crippen LogP contribution < -0.4 is 0 Å². The van der Waals surface area contributed by atoms with Crippen LogP contribution >= 0.6 is 0 Å². The fourth-order valence-electron chi connectivity index (χ4n) is 1.03. The smallest absolute Gasteiger partial charge is 1.00 e. The predicted molar refractivity (Wildman–Crippen MR) is 56.5 cm³/mol. The Morgan fingerprint density at radius 2 is 1.92 bits per heavy atom. The molecular formula is C9H13O2STe+. The second kappa shape index (κ2) is 4.99. The quantitative estimate of drug-likeness (QED) is 0.672. The summed E-state index contributed by atoms with van der Waals surface area (Å²) in [6.45, 7) is 2.14. The Balaban J connectivity index is 0.00000169. The summed E-state index contributed by atoms with van der Waals surface area (Å²) in [5, 5.41) is 0. The molecule has 0 aromatic heterocycles. The van der Waals surface area contributed by atoms with Gasteiger partial charge in [0.25, 0.3) is 0 Å². The van der Waals surface area contributed by atoms with Crippen LogP contribution in [-0.4, -0.2) is 30.7 Å². The summed E-state index contributed by atoms with van der Waals surface area (Å²) >= 11 is 1.78. The summed E-state index contributed by atoms with van der Waals surface area (Å²) < 4.78 is 22.3. The number of rotatable bonds is 3. The second-order valence-electron chi connectivity index (χ2n) is 2.93. The molecule has 0 spiro atoms. The summed E-state index contributed by atoms with van der Waals surface area (Å²) in [5.74, 6) is 0.521. The Hall–Kier alpha value is -0.0404. The van der Waals surface area contributed by atoms with Gasteiger partial charge in [0.05, 0.1) is 0 Å². The third kappa shape index (κ3) is 2.98. The third-order valence-corrected chi connectivity index (χ3v) is 4.23. The van der Waals surface area contributed by atoms with Crippen LogP contribution in [0.1, 0.15) is 19.8 Å². The van der Waals surface area contributed by atoms with Gasteiger partial charge in [-0.1, -0.05) is 0 Å². The van der Waals surface area contributed by atoms with E-state index in [9.17, 15) is 8.42 Å². The molecule has 0 bridgehead atoms. The molecule has 0 aliphatic rings. The first-order valence-corrected chi connectivity index (χ1v) is 6.98. The zero-order valence-electron chi connectivity index (χ0n) is 8.30. The van der Waals surface area contributed by atoms with Crippen molar-refractivity contribution in [1.29, 1.82) is 0 Å². The number of benzene rings is 1. The van der Waals surface area contributed by atoms with Crippen molar-refractivity contribution in [3.05, 3.63) is 29.8 Å². The van der Waals surface area contributed by atoms with E-state index in [-0.39, 0.29) is 1.43 Å². The maximum Gasteiger partial charge on any atom is 1.00 e. The van der Waals surface area contributed by atoms with Gasteiger partial charge in [-0.2, -0.15) is 0 Å². The van der Waals surface area contributed by atoms with Crippen LogP contribution in [-0.2, 0) is 10.7 Å². The van der Waals surface area contributed by atoms with Crippen molar-refractivity contribution >= 4 is 33.0 Å². The minimum absolute atomic E-state index is 0. The second-order valence-corrected chi connectivity index (χ2v) is 5.01. The van der Waals surface area contributed by atoms with Crippen molar-refractivity contribution in [3.8, 4) is 0 Å². The van der Waals surface area contributed by atoms with Gasteiger partial charge in [-0.25, -0.2) is 0 Å². The Labute approximate surface area is 94.7 Å². The normalized spacial score (nSPS) is 13.2. The standard InChI is InChI=1S/C9H12O2STe/c1-7(6-13)8-2-4-9(5-3-8)12(10)11/h2-5,7,12-13H,6H2,1H3/p+1. The van der Waals surface area contributed by atoms with Crippen LogP contribution in [0.15, 0.2) is 29.2 Å². The van der Waals surface area contributed by atoms with Gasteiger partial charge in [-0.15, -0.1) is 0 Å². The molecule has 0 aliphatic heterocycles. The van der Waals surface area contributed by atoms with Gasteiger partial charge in [-0.3, -0.25) is 0 Å². The first-order valence-electron chi connectivity index (χ1n) is 4.00. The predicted octanol–water partition coefficient (Wildman–Crippen LogP) is 1.19. The zero-order chi connectivity index (χ0) is 9.84. The Kier molecular flexibility index (Phi) is 4.24. The van der Waals surface area contributed by atoms with Crippen molar-refractivity contribution in [1.82, 2.24) is 0 Å². The molecule has 0 saturated carbocycles. The first-order chi connectivity index (χ1) is 6.15. The molecule has 1 rings (SSSR count). The van der Waals surface area contributed by atoms with E-state index in [1.807, 2.05) is 12.1 Å². The van der Waals surface area contributed by atoms with E-state index in [1.54, 1.807) is 34.4 Å². The van der Waals surface area contributed by atoms with Crippen LogP contribution in [0.25, 0.3) is 0 Å². The molecule has 0 saturated heterocycles. The number of hydrogen-bond acceptors (Lipinski definition) is 2. The Bertz CT molecular complexity index is 340. The number of thiol groups is 1. The molecule has 1 aromatic rings. The SMILES string of the molecule is CC(C[TeH])c1ccc([SH](=O)=O)cc1.[H+]. The van der Waals surface area contributed by atoms with Crippen molar-refractivity contribution in [2.75, 3.05) is 0 Å². The van der Waals surface area contributed by atoms with Gasteiger partial charge in [0, 0.05) is 0 Å². The molecule has 0 amide bonds. The molecular weight excluding hydrogens is 300 g/mol. The van der Waals surface area contributed by atoms with Gasteiger partial charge in [0.2, 0.25) is 0 Å². The average Bonchev–Trinajstić information content (AvgIpc) is 2.17. The van der Waals surface area contributed by atoms with E-state index < -0.39 is 10.7 Å². The van der Waals surface area contributed by atoms with Gasteiger partial charge in [0.1, 0.15) is 0 Å². The van der Waals surface area contributed by atoms with Gasteiger partial charge >= 0.3 is 94.9 Å². The fraction of sp³-hybridized carbons (Fsp3) is 0.333. The van der Waals surface area contributed by atoms with Crippen molar-refractivity contribution in [3.63, 3.8) is 0 Å². The molecule has 13 heavy (non-hydrogen) atoms. The van der Waals surface area contributed by atoms with Crippen LogP contribution in [0, 0.1) is 0 Å². The monoisotopic (exact) mass is 315 g/mol. The van der Waals surface area contributed by atoms with E-state index in [0.717, 1.165) is 4.47 Å². The minimum atomic E-state index is -2.43.